The molecule has 1 saturated carbocycles. The van der Waals surface area contributed by atoms with Crippen LogP contribution in [0.3, 0.4) is 0 Å². The van der Waals surface area contributed by atoms with Gasteiger partial charge in [0.15, 0.2) is 5.69 Å². The van der Waals surface area contributed by atoms with E-state index in [1.165, 1.54) is 24.3 Å². The molecule has 1 N–H and O–H groups in total. The van der Waals surface area contributed by atoms with Gasteiger partial charge in [0.1, 0.15) is 12.3 Å². The highest BCUT2D eigenvalue weighted by Crippen LogP contribution is 2.46. The molecule has 11 heteroatoms. The number of carbonyl (C=O) groups excluding carboxylic acids is 1. The number of para-hydroxylation sites is 2. The van der Waals surface area contributed by atoms with Crippen LogP contribution in [-0.4, -0.2) is 22.3 Å². The van der Waals surface area contributed by atoms with E-state index in [2.05, 4.69) is 15.2 Å². The van der Waals surface area contributed by atoms with E-state index in [0.29, 0.717) is 12.8 Å². The van der Waals surface area contributed by atoms with Gasteiger partial charge in [-0.25, -0.2) is 0 Å². The number of hydrogen-bond acceptors (Lipinski definition) is 3. The number of nitrogens with one attached hydrogen (secondary N) is 1. The van der Waals surface area contributed by atoms with E-state index in [1.807, 2.05) is 0 Å². The number of amides is 1. The third kappa shape index (κ3) is 4.49. The molecule has 1 fully saturated rings. The first-order valence-corrected chi connectivity index (χ1v) is 8.21. The first-order valence-electron chi connectivity index (χ1n) is 7.84. The molecular formula is C16H13ClF5N3O2. The molecule has 3 rings (SSSR count). The molecule has 0 atom stereocenters. The number of anilines is 1. The van der Waals surface area contributed by atoms with E-state index in [4.69, 9.17) is 11.6 Å². The van der Waals surface area contributed by atoms with E-state index in [-0.39, 0.29) is 23.0 Å². The van der Waals surface area contributed by atoms with E-state index < -0.39 is 36.0 Å². The van der Waals surface area contributed by atoms with Gasteiger partial charge in [-0.1, -0.05) is 23.7 Å². The summed E-state index contributed by atoms with van der Waals surface area (Å²) in [7, 11) is 0. The Kier molecular flexibility index (Phi) is 5.27. The van der Waals surface area contributed by atoms with E-state index in [1.54, 1.807) is 0 Å². The molecule has 1 amide bonds. The number of alkyl halides is 5. The number of rotatable bonds is 6. The van der Waals surface area contributed by atoms with Crippen LogP contribution in [0, 0.1) is 0 Å². The number of ether oxygens (including phenoxy) is 1. The normalized spacial score (nSPS) is 14.5. The highest BCUT2D eigenvalue weighted by atomic mass is 35.5. The molecule has 27 heavy (non-hydrogen) atoms. The summed E-state index contributed by atoms with van der Waals surface area (Å²) in [6.45, 7) is -3.64. The number of halogens is 6. The van der Waals surface area contributed by atoms with Crippen molar-refractivity contribution in [3.63, 3.8) is 0 Å². The van der Waals surface area contributed by atoms with E-state index >= 15 is 0 Å². The zero-order valence-corrected chi connectivity index (χ0v) is 14.3. The van der Waals surface area contributed by atoms with Gasteiger partial charge < -0.3 is 10.1 Å². The van der Waals surface area contributed by atoms with E-state index in [0.717, 1.165) is 4.68 Å². The van der Waals surface area contributed by atoms with Gasteiger partial charge in [0, 0.05) is 5.92 Å². The van der Waals surface area contributed by atoms with Gasteiger partial charge >= 0.3 is 12.8 Å². The predicted molar refractivity (Wildman–Crippen MR) is 85.9 cm³/mol. The molecule has 0 spiro atoms. The van der Waals surface area contributed by atoms with Crippen molar-refractivity contribution in [3.05, 3.63) is 40.7 Å². The van der Waals surface area contributed by atoms with Gasteiger partial charge in [-0.2, -0.15) is 27.1 Å². The lowest BCUT2D eigenvalue weighted by molar-refractivity contribution is -0.141. The first-order chi connectivity index (χ1) is 12.7. The summed E-state index contributed by atoms with van der Waals surface area (Å²) in [4.78, 5) is 12.2. The maximum atomic E-state index is 13.0. The molecule has 1 aromatic heterocycles. The second-order valence-electron chi connectivity index (χ2n) is 5.90. The minimum Gasteiger partial charge on any atom is -0.433 e. The van der Waals surface area contributed by atoms with Crippen LogP contribution in [0.1, 0.15) is 30.1 Å². The van der Waals surface area contributed by atoms with Gasteiger partial charge in [-0.05, 0) is 25.0 Å². The zero-order valence-electron chi connectivity index (χ0n) is 13.6. The Bertz CT molecular complexity index is 849. The van der Waals surface area contributed by atoms with Crippen LogP contribution >= 0.6 is 11.6 Å². The van der Waals surface area contributed by atoms with E-state index in [9.17, 15) is 26.7 Å². The molecule has 1 aliphatic carbocycles. The summed E-state index contributed by atoms with van der Waals surface area (Å²) < 4.78 is 69.2. The first kappa shape index (κ1) is 19.4. The van der Waals surface area contributed by atoms with Crippen molar-refractivity contribution in [2.45, 2.75) is 38.1 Å². The Morgan fingerprint density at radius 3 is 2.59 bits per heavy atom. The minimum atomic E-state index is -4.75. The highest BCUT2D eigenvalue weighted by molar-refractivity contribution is 6.32. The number of carbonyl (C=O) groups is 1. The number of benzene rings is 1. The summed E-state index contributed by atoms with van der Waals surface area (Å²) in [6, 6.07) is 5.47. The molecule has 1 aliphatic rings. The van der Waals surface area contributed by atoms with Crippen LogP contribution in [0.5, 0.6) is 5.75 Å². The topological polar surface area (TPSA) is 56.2 Å². The molecule has 1 aromatic carbocycles. The van der Waals surface area contributed by atoms with Gasteiger partial charge in [-0.15, -0.1) is 0 Å². The monoisotopic (exact) mass is 409 g/mol. The fourth-order valence-corrected chi connectivity index (χ4v) is 2.99. The fraction of sp³-hybridized carbons (Fsp3) is 0.375. The van der Waals surface area contributed by atoms with Crippen molar-refractivity contribution >= 4 is 23.2 Å². The van der Waals surface area contributed by atoms with Gasteiger partial charge in [-0.3, -0.25) is 9.48 Å². The quantitative estimate of drug-likeness (QED) is 0.705. The summed E-state index contributed by atoms with van der Waals surface area (Å²) in [5.74, 6) is -1.21. The van der Waals surface area contributed by atoms with Crippen molar-refractivity contribution in [1.82, 2.24) is 9.78 Å². The summed E-state index contributed by atoms with van der Waals surface area (Å²) >= 11 is 5.84. The van der Waals surface area contributed by atoms with Crippen LogP contribution < -0.4 is 10.1 Å². The Morgan fingerprint density at radius 2 is 2.00 bits per heavy atom. The van der Waals surface area contributed by atoms with Gasteiger partial charge in [0.05, 0.1) is 16.4 Å². The lowest BCUT2D eigenvalue weighted by Crippen LogP contribution is -2.22. The fourth-order valence-electron chi connectivity index (χ4n) is 2.60. The Labute approximate surface area is 155 Å². The van der Waals surface area contributed by atoms with Gasteiger partial charge in [0.25, 0.3) is 0 Å². The lowest BCUT2D eigenvalue weighted by Gasteiger charge is -2.12. The third-order valence-corrected chi connectivity index (χ3v) is 4.21. The Hall–Kier alpha value is -2.36. The molecule has 0 aliphatic heterocycles. The molecule has 0 unspecified atom stereocenters. The summed E-state index contributed by atoms with van der Waals surface area (Å²) in [5.41, 5.74) is -1.14. The highest BCUT2D eigenvalue weighted by Gasteiger charge is 2.42. The van der Waals surface area contributed by atoms with Crippen LogP contribution in [0.4, 0.5) is 27.6 Å². The van der Waals surface area contributed by atoms with Crippen LogP contribution in [0.25, 0.3) is 0 Å². The maximum absolute atomic E-state index is 13.0. The Morgan fingerprint density at radius 1 is 1.33 bits per heavy atom. The lowest BCUT2D eigenvalue weighted by atomic mass is 10.2. The Balaban J connectivity index is 1.81. The van der Waals surface area contributed by atoms with Crippen LogP contribution in [0.15, 0.2) is 24.3 Å². The minimum absolute atomic E-state index is 0.0370. The SMILES string of the molecule is O=C(Cn1nc(C(F)(F)F)c(Cl)c1C1CC1)Nc1ccccc1OC(F)F. The van der Waals surface area contributed by atoms with Crippen molar-refractivity contribution in [2.24, 2.45) is 0 Å². The molecular weight excluding hydrogens is 397 g/mol. The number of aromatic nitrogens is 2. The average molecular weight is 410 g/mol. The molecule has 0 saturated heterocycles. The van der Waals surface area contributed by atoms with Crippen LogP contribution in [-0.2, 0) is 17.5 Å². The number of hydrogen-bond donors (Lipinski definition) is 1. The maximum Gasteiger partial charge on any atom is 0.436 e. The largest absolute Gasteiger partial charge is 0.436 e. The second kappa shape index (κ2) is 7.34. The summed E-state index contributed by atoms with van der Waals surface area (Å²) in [5, 5.41) is 5.26. The van der Waals surface area contributed by atoms with Crippen molar-refractivity contribution < 1.29 is 31.5 Å². The molecule has 0 bridgehead atoms. The molecule has 2 aromatic rings. The molecule has 146 valence electrons. The smallest absolute Gasteiger partial charge is 0.433 e. The molecule has 0 radical (unpaired) electrons. The standard InChI is InChI=1S/C16H13ClF5N3O2/c17-12-13(8-5-6-8)25(24-14(12)16(20,21)22)7-11(26)23-9-3-1-2-4-10(9)27-15(18)19/h1-4,8,15H,5-7H2,(H,23,26). The van der Waals surface area contributed by atoms with Crippen LogP contribution in [0.2, 0.25) is 5.02 Å². The number of nitrogens with zero attached hydrogens (tertiary/aromatic N) is 2. The van der Waals surface area contributed by atoms with Crippen molar-refractivity contribution in [1.29, 1.82) is 0 Å². The molecule has 1 heterocycles. The third-order valence-electron chi connectivity index (χ3n) is 3.83. The predicted octanol–water partition coefficient (Wildman–Crippen LogP) is 4.67. The average Bonchev–Trinajstić information content (AvgIpc) is 3.32. The molecule has 5 nitrogen and oxygen atoms in total. The van der Waals surface area contributed by atoms with Crippen molar-refractivity contribution in [2.75, 3.05) is 5.32 Å². The summed E-state index contributed by atoms with van der Waals surface area (Å²) in [6.07, 6.45) is -3.45. The van der Waals surface area contributed by atoms with Gasteiger partial charge in [0.2, 0.25) is 5.91 Å². The second-order valence-corrected chi connectivity index (χ2v) is 6.28. The van der Waals surface area contributed by atoms with Crippen molar-refractivity contribution in [3.8, 4) is 5.75 Å². The zero-order chi connectivity index (χ0) is 19.8.